The molecule has 0 aliphatic carbocycles. The summed E-state index contributed by atoms with van der Waals surface area (Å²) in [6.45, 7) is 0.485. The van der Waals surface area contributed by atoms with Crippen LogP contribution in [0.3, 0.4) is 0 Å². The summed E-state index contributed by atoms with van der Waals surface area (Å²) >= 11 is 1.46. The van der Waals surface area contributed by atoms with Crippen molar-refractivity contribution in [2.24, 2.45) is 0 Å². The van der Waals surface area contributed by atoms with E-state index in [4.69, 9.17) is 0 Å². The van der Waals surface area contributed by atoms with Crippen LogP contribution >= 0.6 is 11.8 Å². The molecule has 0 bridgehead atoms. The molecular formula is C11H13N5O2S. The second-order valence-corrected chi connectivity index (χ2v) is 4.54. The number of hydrogen-bond acceptors (Lipinski definition) is 6. The lowest BCUT2D eigenvalue weighted by Gasteiger charge is -2.04. The van der Waals surface area contributed by atoms with Crippen molar-refractivity contribution in [2.75, 3.05) is 19.4 Å². The van der Waals surface area contributed by atoms with Gasteiger partial charge in [-0.3, -0.25) is 0 Å². The molecule has 19 heavy (non-hydrogen) atoms. The number of rotatable bonds is 5. The highest BCUT2D eigenvalue weighted by Crippen LogP contribution is 2.16. The van der Waals surface area contributed by atoms with E-state index in [0.717, 1.165) is 5.69 Å². The molecule has 0 saturated carbocycles. The maximum atomic E-state index is 10.9. The third-order valence-corrected chi connectivity index (χ3v) is 3.15. The quantitative estimate of drug-likeness (QED) is 0.652. The molecule has 8 heteroatoms. The van der Waals surface area contributed by atoms with Gasteiger partial charge in [-0.05, 0) is 22.6 Å². The van der Waals surface area contributed by atoms with Crippen LogP contribution in [-0.2, 0) is 4.74 Å². The number of carbonyl (C=O) groups is 1. The molecule has 2 rings (SSSR count). The highest BCUT2D eigenvalue weighted by Gasteiger charge is 2.08. The SMILES string of the molecule is COC(=O)NCCSc1nnnn1-c1ccccc1. The molecule has 0 fully saturated rings. The van der Waals surface area contributed by atoms with Gasteiger partial charge in [-0.25, -0.2) is 4.79 Å². The summed E-state index contributed by atoms with van der Waals surface area (Å²) in [5, 5.41) is 14.8. The van der Waals surface area contributed by atoms with Crippen molar-refractivity contribution >= 4 is 17.9 Å². The van der Waals surface area contributed by atoms with Crippen LogP contribution in [0, 0.1) is 0 Å². The van der Waals surface area contributed by atoms with E-state index in [2.05, 4.69) is 25.6 Å². The van der Waals surface area contributed by atoms with Crippen LogP contribution in [0.4, 0.5) is 4.79 Å². The normalized spacial score (nSPS) is 10.2. The molecule has 0 aliphatic rings. The molecule has 7 nitrogen and oxygen atoms in total. The standard InChI is InChI=1S/C11H13N5O2S/c1-18-11(17)12-7-8-19-10-13-14-15-16(10)9-5-3-2-4-6-9/h2-6H,7-8H2,1H3,(H,12,17). The largest absolute Gasteiger partial charge is 0.453 e. The number of hydrogen-bond donors (Lipinski definition) is 1. The first-order valence-corrected chi connectivity index (χ1v) is 6.58. The van der Waals surface area contributed by atoms with Gasteiger partial charge in [0, 0.05) is 12.3 Å². The van der Waals surface area contributed by atoms with Gasteiger partial charge in [0.25, 0.3) is 0 Å². The lowest BCUT2D eigenvalue weighted by atomic mass is 10.3. The molecule has 100 valence electrons. The Morgan fingerprint density at radius 3 is 2.95 bits per heavy atom. The number of para-hydroxylation sites is 1. The topological polar surface area (TPSA) is 81.9 Å². The Labute approximate surface area is 114 Å². The number of thioether (sulfide) groups is 1. The summed E-state index contributed by atoms with van der Waals surface area (Å²) in [5.41, 5.74) is 0.899. The number of aromatic nitrogens is 4. The summed E-state index contributed by atoms with van der Waals surface area (Å²) in [4.78, 5) is 10.9. The van der Waals surface area contributed by atoms with Crippen LogP contribution in [0.25, 0.3) is 5.69 Å². The minimum Gasteiger partial charge on any atom is -0.453 e. The van der Waals surface area contributed by atoms with Crippen LogP contribution in [0.15, 0.2) is 35.5 Å². The Balaban J connectivity index is 1.92. The van der Waals surface area contributed by atoms with Gasteiger partial charge in [-0.15, -0.1) is 5.10 Å². The highest BCUT2D eigenvalue weighted by atomic mass is 32.2. The lowest BCUT2D eigenvalue weighted by molar-refractivity contribution is 0.172. The number of alkyl carbamates (subject to hydrolysis) is 1. The Kier molecular flexibility index (Phi) is 4.73. The van der Waals surface area contributed by atoms with E-state index >= 15 is 0 Å². The number of methoxy groups -OCH3 is 1. The summed E-state index contributed by atoms with van der Waals surface area (Å²) in [7, 11) is 1.33. The molecule has 1 heterocycles. The Morgan fingerprint density at radius 1 is 1.42 bits per heavy atom. The first kappa shape index (κ1) is 13.3. The summed E-state index contributed by atoms with van der Waals surface area (Å²) in [5.74, 6) is 0.655. The fourth-order valence-electron chi connectivity index (χ4n) is 1.37. The number of carbonyl (C=O) groups excluding carboxylic acids is 1. The van der Waals surface area contributed by atoms with E-state index in [1.54, 1.807) is 4.68 Å². The van der Waals surface area contributed by atoms with Gasteiger partial charge in [0.05, 0.1) is 12.8 Å². The molecule has 1 N–H and O–H groups in total. The molecule has 0 unspecified atom stereocenters. The van der Waals surface area contributed by atoms with Crippen LogP contribution in [0.2, 0.25) is 0 Å². The van der Waals surface area contributed by atoms with Crippen molar-refractivity contribution in [1.82, 2.24) is 25.5 Å². The number of tetrazole rings is 1. The van der Waals surface area contributed by atoms with Gasteiger partial charge >= 0.3 is 6.09 Å². The van der Waals surface area contributed by atoms with Crippen LogP contribution in [0.1, 0.15) is 0 Å². The number of nitrogens with zero attached hydrogens (tertiary/aromatic N) is 4. The Morgan fingerprint density at radius 2 is 2.21 bits per heavy atom. The molecule has 0 radical (unpaired) electrons. The van der Waals surface area contributed by atoms with Crippen molar-refractivity contribution < 1.29 is 9.53 Å². The van der Waals surface area contributed by atoms with Gasteiger partial charge in [0.15, 0.2) is 0 Å². The smallest absolute Gasteiger partial charge is 0.406 e. The molecular weight excluding hydrogens is 266 g/mol. The predicted octanol–water partition coefficient (Wildman–Crippen LogP) is 1.11. The van der Waals surface area contributed by atoms with Crippen LogP contribution in [-0.4, -0.2) is 45.7 Å². The monoisotopic (exact) mass is 279 g/mol. The maximum Gasteiger partial charge on any atom is 0.406 e. The van der Waals surface area contributed by atoms with Crippen LogP contribution in [0.5, 0.6) is 0 Å². The fraction of sp³-hybridized carbons (Fsp3) is 0.273. The average Bonchev–Trinajstić information content (AvgIpc) is 2.92. The number of ether oxygens (including phenoxy) is 1. The second kappa shape index (κ2) is 6.74. The summed E-state index contributed by atoms with van der Waals surface area (Å²) in [6.07, 6.45) is -0.441. The maximum absolute atomic E-state index is 10.9. The first-order valence-electron chi connectivity index (χ1n) is 5.59. The number of benzene rings is 1. The van der Waals surface area contributed by atoms with E-state index in [1.165, 1.54) is 18.9 Å². The van der Waals surface area contributed by atoms with Crippen molar-refractivity contribution in [3.05, 3.63) is 30.3 Å². The van der Waals surface area contributed by atoms with Gasteiger partial charge in [-0.2, -0.15) is 4.68 Å². The van der Waals surface area contributed by atoms with E-state index in [9.17, 15) is 4.79 Å². The Bertz CT molecular complexity index is 531. The molecule has 1 amide bonds. The third kappa shape index (κ3) is 3.68. The van der Waals surface area contributed by atoms with Crippen molar-refractivity contribution in [1.29, 1.82) is 0 Å². The predicted molar refractivity (Wildman–Crippen MR) is 70.3 cm³/mol. The van der Waals surface area contributed by atoms with E-state index < -0.39 is 6.09 Å². The molecule has 0 aliphatic heterocycles. The van der Waals surface area contributed by atoms with Crippen molar-refractivity contribution in [3.63, 3.8) is 0 Å². The molecule has 0 saturated heterocycles. The molecule has 0 spiro atoms. The molecule has 2 aromatic rings. The minimum atomic E-state index is -0.441. The van der Waals surface area contributed by atoms with Gasteiger partial charge < -0.3 is 10.1 Å². The number of amides is 1. The van der Waals surface area contributed by atoms with Gasteiger partial charge in [0.2, 0.25) is 5.16 Å². The van der Waals surface area contributed by atoms with Crippen molar-refractivity contribution in [3.8, 4) is 5.69 Å². The zero-order chi connectivity index (χ0) is 13.5. The average molecular weight is 279 g/mol. The first-order chi connectivity index (χ1) is 9.31. The van der Waals surface area contributed by atoms with E-state index in [-0.39, 0.29) is 0 Å². The van der Waals surface area contributed by atoms with E-state index in [1.807, 2.05) is 30.3 Å². The minimum absolute atomic E-state index is 0.441. The second-order valence-electron chi connectivity index (χ2n) is 3.48. The number of nitrogens with one attached hydrogen (secondary N) is 1. The highest BCUT2D eigenvalue weighted by molar-refractivity contribution is 7.99. The molecule has 0 atom stereocenters. The van der Waals surface area contributed by atoms with Crippen molar-refractivity contribution in [2.45, 2.75) is 5.16 Å². The molecule has 1 aromatic carbocycles. The van der Waals surface area contributed by atoms with Crippen LogP contribution < -0.4 is 5.32 Å². The Hall–Kier alpha value is -2.09. The summed E-state index contributed by atoms with van der Waals surface area (Å²) in [6, 6.07) is 9.62. The zero-order valence-corrected chi connectivity index (χ0v) is 11.1. The zero-order valence-electron chi connectivity index (χ0n) is 10.3. The fourth-order valence-corrected chi connectivity index (χ4v) is 2.11. The third-order valence-electron chi connectivity index (χ3n) is 2.23. The van der Waals surface area contributed by atoms with E-state index in [0.29, 0.717) is 17.5 Å². The lowest BCUT2D eigenvalue weighted by Crippen LogP contribution is -2.25. The molecule has 1 aromatic heterocycles. The van der Waals surface area contributed by atoms with Gasteiger partial charge in [0.1, 0.15) is 0 Å². The summed E-state index contributed by atoms with van der Waals surface area (Å²) < 4.78 is 6.13. The van der Waals surface area contributed by atoms with Gasteiger partial charge in [-0.1, -0.05) is 30.0 Å².